The Balaban J connectivity index is 2.10. The minimum Gasteiger partial charge on any atom is -0.197 e. The Morgan fingerprint density at radius 2 is 2.64 bits per heavy atom. The van der Waals surface area contributed by atoms with E-state index in [0.717, 1.165) is 23.6 Å². The lowest BCUT2D eigenvalue weighted by Crippen LogP contribution is -1.78. The summed E-state index contributed by atoms with van der Waals surface area (Å²) in [5, 5.41) is 11.1. The van der Waals surface area contributed by atoms with Crippen molar-refractivity contribution < 1.29 is 0 Å². The maximum absolute atomic E-state index is 5.09. The number of nitrogens with one attached hydrogen (secondary N) is 1. The second-order valence-electron chi connectivity index (χ2n) is 1.96. The molecule has 0 fully saturated rings. The molecule has 11 heavy (non-hydrogen) atoms. The van der Waals surface area contributed by atoms with Gasteiger partial charge < -0.3 is 0 Å². The van der Waals surface area contributed by atoms with E-state index in [-0.39, 0.29) is 0 Å². The predicted octanol–water partition coefficient (Wildman–Crippen LogP) is 1.31. The summed E-state index contributed by atoms with van der Waals surface area (Å²) in [6.07, 6.45) is 8.68. The molecular formula is C7H9N3S. The molecule has 58 valence electrons. The van der Waals surface area contributed by atoms with Gasteiger partial charge in [-0.15, -0.1) is 29.2 Å². The highest BCUT2D eigenvalue weighted by molar-refractivity contribution is 7.99. The molecule has 0 aliphatic rings. The zero-order valence-corrected chi connectivity index (χ0v) is 6.90. The molecule has 0 saturated carbocycles. The summed E-state index contributed by atoms with van der Waals surface area (Å²) in [6, 6.07) is 0. The molecule has 0 unspecified atom stereocenters. The van der Waals surface area contributed by atoms with E-state index in [1.807, 2.05) is 0 Å². The van der Waals surface area contributed by atoms with Gasteiger partial charge in [0.1, 0.15) is 5.03 Å². The van der Waals surface area contributed by atoms with E-state index >= 15 is 0 Å². The number of hydrogen-bond acceptors (Lipinski definition) is 3. The second kappa shape index (κ2) is 4.80. The maximum atomic E-state index is 5.09. The second-order valence-corrected chi connectivity index (χ2v) is 3.08. The van der Waals surface area contributed by atoms with Crippen LogP contribution in [0.2, 0.25) is 0 Å². The van der Waals surface area contributed by atoms with E-state index in [0.29, 0.717) is 0 Å². The molecular weight excluding hydrogens is 158 g/mol. The predicted molar refractivity (Wildman–Crippen MR) is 45.2 cm³/mol. The van der Waals surface area contributed by atoms with E-state index in [2.05, 4.69) is 21.3 Å². The molecule has 1 aromatic rings. The van der Waals surface area contributed by atoms with Crippen LogP contribution >= 0.6 is 11.8 Å². The molecule has 3 nitrogen and oxygen atoms in total. The van der Waals surface area contributed by atoms with Crippen LogP contribution in [0.5, 0.6) is 0 Å². The average Bonchev–Trinajstić information content (AvgIpc) is 2.50. The first-order valence-corrected chi connectivity index (χ1v) is 4.34. The van der Waals surface area contributed by atoms with Gasteiger partial charge >= 0.3 is 0 Å². The van der Waals surface area contributed by atoms with Crippen molar-refractivity contribution in [3.8, 4) is 12.3 Å². The molecule has 0 amide bonds. The normalized spacial score (nSPS) is 9.36. The lowest BCUT2D eigenvalue weighted by atomic mass is 10.4. The van der Waals surface area contributed by atoms with Crippen molar-refractivity contribution in [1.82, 2.24) is 15.4 Å². The minimum atomic E-state index is 0.838. The molecule has 1 heterocycles. The molecule has 1 aromatic heterocycles. The van der Waals surface area contributed by atoms with Crippen molar-refractivity contribution in [2.75, 3.05) is 5.75 Å². The Bertz CT molecular complexity index is 224. The first-order chi connectivity index (χ1) is 5.43. The molecule has 0 aliphatic carbocycles. The van der Waals surface area contributed by atoms with Gasteiger partial charge in [-0.2, -0.15) is 10.3 Å². The van der Waals surface area contributed by atoms with Crippen LogP contribution in [-0.2, 0) is 0 Å². The van der Waals surface area contributed by atoms with Crippen LogP contribution in [0.15, 0.2) is 11.2 Å². The van der Waals surface area contributed by atoms with Gasteiger partial charge in [0, 0.05) is 12.2 Å². The van der Waals surface area contributed by atoms with Crippen LogP contribution in [0.1, 0.15) is 12.8 Å². The van der Waals surface area contributed by atoms with E-state index < -0.39 is 0 Å². The molecule has 4 heteroatoms. The number of H-pyrrole nitrogens is 1. The number of thioether (sulfide) groups is 1. The third-order valence-electron chi connectivity index (χ3n) is 1.11. The lowest BCUT2D eigenvalue weighted by molar-refractivity contribution is 0.909. The fourth-order valence-electron chi connectivity index (χ4n) is 0.612. The Kier molecular flexibility index (Phi) is 3.56. The molecule has 0 radical (unpaired) electrons. The highest BCUT2D eigenvalue weighted by Gasteiger charge is 1.94. The first kappa shape index (κ1) is 8.15. The quantitative estimate of drug-likeness (QED) is 0.417. The van der Waals surface area contributed by atoms with E-state index in [4.69, 9.17) is 6.42 Å². The number of terminal acetylenes is 1. The van der Waals surface area contributed by atoms with Crippen LogP contribution < -0.4 is 0 Å². The van der Waals surface area contributed by atoms with E-state index in [1.54, 1.807) is 18.0 Å². The lowest BCUT2D eigenvalue weighted by Gasteiger charge is -1.91. The van der Waals surface area contributed by atoms with Crippen molar-refractivity contribution in [1.29, 1.82) is 0 Å². The summed E-state index contributed by atoms with van der Waals surface area (Å²) in [5.74, 6) is 3.60. The van der Waals surface area contributed by atoms with Gasteiger partial charge in [-0.05, 0) is 6.42 Å². The maximum Gasteiger partial charge on any atom is 0.138 e. The summed E-state index contributed by atoms with van der Waals surface area (Å²) in [6.45, 7) is 0. The molecule has 0 aliphatic heterocycles. The number of unbranched alkanes of at least 4 members (excludes halogenated alkanes) is 1. The van der Waals surface area contributed by atoms with Gasteiger partial charge in [-0.25, -0.2) is 0 Å². The summed E-state index contributed by atoms with van der Waals surface area (Å²) in [4.78, 5) is 0. The SMILES string of the molecule is C#CCCCSc1cn[nH]n1. The summed E-state index contributed by atoms with van der Waals surface area (Å²) < 4.78 is 0. The highest BCUT2D eigenvalue weighted by atomic mass is 32.2. The fraction of sp³-hybridized carbons (Fsp3) is 0.429. The summed E-state index contributed by atoms with van der Waals surface area (Å²) >= 11 is 1.67. The minimum absolute atomic E-state index is 0.838. The van der Waals surface area contributed by atoms with Crippen molar-refractivity contribution in [3.63, 3.8) is 0 Å². The third-order valence-corrected chi connectivity index (χ3v) is 2.09. The Morgan fingerprint density at radius 3 is 3.27 bits per heavy atom. The monoisotopic (exact) mass is 167 g/mol. The van der Waals surface area contributed by atoms with Gasteiger partial charge in [0.2, 0.25) is 0 Å². The van der Waals surface area contributed by atoms with Gasteiger partial charge in [-0.1, -0.05) is 0 Å². The van der Waals surface area contributed by atoms with Gasteiger partial charge in [0.25, 0.3) is 0 Å². The van der Waals surface area contributed by atoms with E-state index in [1.165, 1.54) is 0 Å². The van der Waals surface area contributed by atoms with Gasteiger partial charge in [0.15, 0.2) is 0 Å². The highest BCUT2D eigenvalue weighted by Crippen LogP contribution is 2.13. The Labute approximate surface area is 70.0 Å². The largest absolute Gasteiger partial charge is 0.197 e. The molecule has 0 saturated heterocycles. The fourth-order valence-corrected chi connectivity index (χ4v) is 1.34. The molecule has 1 N–H and O–H groups in total. The average molecular weight is 167 g/mol. The zero-order valence-electron chi connectivity index (χ0n) is 6.08. The van der Waals surface area contributed by atoms with Crippen molar-refractivity contribution in [2.45, 2.75) is 17.9 Å². The van der Waals surface area contributed by atoms with E-state index in [9.17, 15) is 0 Å². The van der Waals surface area contributed by atoms with Crippen molar-refractivity contribution in [3.05, 3.63) is 6.20 Å². The zero-order chi connectivity index (χ0) is 7.94. The molecule has 0 spiro atoms. The smallest absolute Gasteiger partial charge is 0.138 e. The van der Waals surface area contributed by atoms with Gasteiger partial charge in [-0.3, -0.25) is 0 Å². The number of rotatable bonds is 4. The molecule has 0 atom stereocenters. The Morgan fingerprint density at radius 1 is 1.73 bits per heavy atom. The summed E-state index contributed by atoms with van der Waals surface area (Å²) in [7, 11) is 0. The molecule has 0 bridgehead atoms. The molecule has 0 aromatic carbocycles. The van der Waals surface area contributed by atoms with Crippen molar-refractivity contribution in [2.24, 2.45) is 0 Å². The van der Waals surface area contributed by atoms with Crippen LogP contribution in [0.4, 0.5) is 0 Å². The van der Waals surface area contributed by atoms with Gasteiger partial charge in [0.05, 0.1) is 6.20 Å². The van der Waals surface area contributed by atoms with Crippen LogP contribution in [0, 0.1) is 12.3 Å². The Hall–Kier alpha value is -0.950. The number of hydrogen-bond donors (Lipinski definition) is 1. The third kappa shape index (κ3) is 3.10. The summed E-state index contributed by atoms with van der Waals surface area (Å²) in [5.41, 5.74) is 0. The number of aromatic amines is 1. The van der Waals surface area contributed by atoms with Crippen LogP contribution in [-0.4, -0.2) is 21.2 Å². The number of nitrogens with zero attached hydrogens (tertiary/aromatic N) is 2. The first-order valence-electron chi connectivity index (χ1n) is 3.35. The van der Waals surface area contributed by atoms with Crippen molar-refractivity contribution >= 4 is 11.8 Å². The van der Waals surface area contributed by atoms with Crippen LogP contribution in [0.3, 0.4) is 0 Å². The van der Waals surface area contributed by atoms with Crippen LogP contribution in [0.25, 0.3) is 0 Å². The standard InChI is InChI=1S/C7H9N3S/c1-2-3-4-5-11-7-6-8-10-9-7/h1,6H,3-5H2,(H,8,9,10). The molecule has 1 rings (SSSR count). The number of aromatic nitrogens is 3. The topological polar surface area (TPSA) is 41.6 Å².